The molecule has 166 valence electrons. The van der Waals surface area contributed by atoms with Crippen molar-refractivity contribution in [2.75, 3.05) is 18.1 Å². The lowest BCUT2D eigenvalue weighted by atomic mass is 9.76. The fourth-order valence-electron chi connectivity index (χ4n) is 3.77. The normalized spacial score (nSPS) is 17.7. The summed E-state index contributed by atoms with van der Waals surface area (Å²) in [6.45, 7) is 4.92. The minimum absolute atomic E-state index is 0.0163. The summed E-state index contributed by atoms with van der Waals surface area (Å²) >= 11 is 0. The van der Waals surface area contributed by atoms with E-state index in [1.165, 1.54) is 0 Å². The molecule has 1 heterocycles. The zero-order valence-corrected chi connectivity index (χ0v) is 18.3. The molecule has 0 fully saturated rings. The van der Waals surface area contributed by atoms with Crippen LogP contribution in [0.5, 0.6) is 0 Å². The first-order chi connectivity index (χ1) is 15.4. The lowest BCUT2D eigenvalue weighted by molar-refractivity contribution is -0.155. The Morgan fingerprint density at radius 1 is 0.938 bits per heavy atom. The highest BCUT2D eigenvalue weighted by atomic mass is 16.6. The van der Waals surface area contributed by atoms with E-state index in [-0.39, 0.29) is 24.5 Å². The van der Waals surface area contributed by atoms with Crippen LogP contribution in [0.4, 0.5) is 10.5 Å². The minimum atomic E-state index is -1.97. The number of anilines is 1. The molecule has 1 aliphatic rings. The van der Waals surface area contributed by atoms with Crippen molar-refractivity contribution in [3.8, 4) is 0 Å². The van der Waals surface area contributed by atoms with Gasteiger partial charge in [-0.2, -0.15) is 0 Å². The van der Waals surface area contributed by atoms with Crippen molar-refractivity contribution in [3.05, 3.63) is 71.3 Å². The highest BCUT2D eigenvalue weighted by Crippen LogP contribution is 2.46. The van der Waals surface area contributed by atoms with Gasteiger partial charge in [0.15, 0.2) is 11.2 Å². The number of carbonyl (C=O) groups excluding carboxylic acids is 4. The molecule has 0 aliphatic carbocycles. The summed E-state index contributed by atoms with van der Waals surface area (Å²) in [5.41, 5.74) is -0.323. The number of fused-ring (bicyclic) bond motifs is 1. The molecule has 32 heavy (non-hydrogen) atoms. The number of para-hydroxylation sites is 1. The monoisotopic (exact) mass is 435 g/mol. The van der Waals surface area contributed by atoms with Crippen molar-refractivity contribution >= 4 is 35.5 Å². The zero-order chi connectivity index (χ0) is 23.3. The van der Waals surface area contributed by atoms with Crippen LogP contribution < -0.4 is 4.90 Å². The van der Waals surface area contributed by atoms with E-state index < -0.39 is 35.6 Å². The maximum Gasteiger partial charge on any atom is 0.421 e. The van der Waals surface area contributed by atoms with Crippen molar-refractivity contribution in [2.24, 2.45) is 0 Å². The highest BCUT2D eigenvalue weighted by Gasteiger charge is 2.60. The van der Waals surface area contributed by atoms with Gasteiger partial charge in [-0.25, -0.2) is 9.69 Å². The summed E-state index contributed by atoms with van der Waals surface area (Å²) < 4.78 is 10.3. The van der Waals surface area contributed by atoms with Crippen LogP contribution in [0.2, 0.25) is 0 Å². The van der Waals surface area contributed by atoms with Crippen molar-refractivity contribution < 1.29 is 28.7 Å². The second kappa shape index (κ2) is 9.60. The van der Waals surface area contributed by atoms with Crippen LogP contribution in [0, 0.1) is 0 Å². The van der Waals surface area contributed by atoms with Gasteiger partial charge in [0, 0.05) is 12.0 Å². The van der Waals surface area contributed by atoms with Gasteiger partial charge in [-0.15, -0.1) is 0 Å². The van der Waals surface area contributed by atoms with E-state index in [9.17, 15) is 19.2 Å². The molecular formula is C25H25NO6. The van der Waals surface area contributed by atoms with Gasteiger partial charge in [0.25, 0.3) is 5.91 Å². The van der Waals surface area contributed by atoms with E-state index in [0.29, 0.717) is 5.57 Å². The van der Waals surface area contributed by atoms with Crippen LogP contribution >= 0.6 is 0 Å². The Hall–Kier alpha value is -3.74. The van der Waals surface area contributed by atoms with Gasteiger partial charge in [0.05, 0.1) is 18.9 Å². The number of imide groups is 1. The summed E-state index contributed by atoms with van der Waals surface area (Å²) in [7, 11) is 0. The number of rotatable bonds is 7. The lowest BCUT2D eigenvalue weighted by Gasteiger charge is -2.25. The third kappa shape index (κ3) is 4.06. The number of carbonyl (C=O) groups is 4. The second-order valence-electron chi connectivity index (χ2n) is 7.32. The van der Waals surface area contributed by atoms with E-state index in [1.807, 2.05) is 30.3 Å². The Bertz CT molecular complexity index is 1070. The molecule has 0 saturated carbocycles. The standard InChI is InChI=1S/C25H25NO6/c1-4-31-23(29)25(16-21(27)17(3)15-18-11-7-6-8-12-18)19-13-9-10-14-20(19)26(22(25)28)24(30)32-5-2/h6-15H,4-5,16H2,1-3H3/b17-15+. The number of Topliss-reactive ketones (excluding diaryl/α,β-unsaturated/α-hetero) is 1. The van der Waals surface area contributed by atoms with Crippen molar-refractivity contribution in [1.29, 1.82) is 0 Å². The molecule has 0 saturated heterocycles. The predicted octanol–water partition coefficient (Wildman–Crippen LogP) is 4.05. The predicted molar refractivity (Wildman–Crippen MR) is 119 cm³/mol. The molecule has 0 N–H and O–H groups in total. The average Bonchev–Trinajstić information content (AvgIpc) is 3.03. The summed E-state index contributed by atoms with van der Waals surface area (Å²) in [6.07, 6.45) is 0.322. The lowest BCUT2D eigenvalue weighted by Crippen LogP contribution is -2.50. The SMILES string of the molecule is CCOC(=O)N1C(=O)C(CC(=O)/C(C)=C/c2ccccc2)(C(=O)OCC)c2ccccc21. The van der Waals surface area contributed by atoms with Gasteiger partial charge in [0.1, 0.15) is 0 Å². The van der Waals surface area contributed by atoms with E-state index in [4.69, 9.17) is 9.47 Å². The molecule has 2 aromatic carbocycles. The summed E-state index contributed by atoms with van der Waals surface area (Å²) in [5.74, 6) is -2.13. The summed E-state index contributed by atoms with van der Waals surface area (Å²) in [5, 5.41) is 0. The summed E-state index contributed by atoms with van der Waals surface area (Å²) in [6, 6.07) is 15.6. The van der Waals surface area contributed by atoms with Crippen LogP contribution in [0.1, 0.15) is 38.3 Å². The smallest absolute Gasteiger partial charge is 0.421 e. The fraction of sp³-hybridized carbons (Fsp3) is 0.280. The first-order valence-electron chi connectivity index (χ1n) is 10.4. The molecule has 1 unspecified atom stereocenters. The number of allylic oxidation sites excluding steroid dienone is 1. The van der Waals surface area contributed by atoms with Gasteiger partial charge in [0.2, 0.25) is 0 Å². The first-order valence-corrected chi connectivity index (χ1v) is 10.4. The Kier molecular flexibility index (Phi) is 6.88. The van der Waals surface area contributed by atoms with Crippen molar-refractivity contribution in [3.63, 3.8) is 0 Å². The minimum Gasteiger partial charge on any atom is -0.465 e. The van der Waals surface area contributed by atoms with E-state index in [0.717, 1.165) is 10.5 Å². The molecule has 1 atom stereocenters. The van der Waals surface area contributed by atoms with Gasteiger partial charge >= 0.3 is 12.1 Å². The van der Waals surface area contributed by atoms with Gasteiger partial charge < -0.3 is 9.47 Å². The molecule has 7 nitrogen and oxygen atoms in total. The molecule has 2 amide bonds. The maximum atomic E-state index is 13.6. The van der Waals surface area contributed by atoms with Gasteiger partial charge in [-0.05, 0) is 44.1 Å². The van der Waals surface area contributed by atoms with E-state index in [1.54, 1.807) is 51.1 Å². The maximum absolute atomic E-state index is 13.6. The first kappa shape index (κ1) is 22.9. The number of ketones is 1. The van der Waals surface area contributed by atoms with Crippen molar-refractivity contribution in [1.82, 2.24) is 0 Å². The van der Waals surface area contributed by atoms with E-state index in [2.05, 4.69) is 0 Å². The molecule has 0 radical (unpaired) electrons. The van der Waals surface area contributed by atoms with Crippen LogP contribution in [0.15, 0.2) is 60.2 Å². The molecular weight excluding hydrogens is 410 g/mol. The highest BCUT2D eigenvalue weighted by molar-refractivity contribution is 6.30. The number of hydrogen-bond donors (Lipinski definition) is 0. The fourth-order valence-corrected chi connectivity index (χ4v) is 3.77. The molecule has 0 spiro atoms. The Labute approximate surface area is 186 Å². The third-order valence-electron chi connectivity index (χ3n) is 5.30. The molecule has 0 aromatic heterocycles. The number of benzene rings is 2. The van der Waals surface area contributed by atoms with Gasteiger partial charge in [-0.1, -0.05) is 48.5 Å². The largest absolute Gasteiger partial charge is 0.465 e. The average molecular weight is 435 g/mol. The number of hydrogen-bond acceptors (Lipinski definition) is 6. The molecule has 7 heteroatoms. The number of esters is 1. The summed E-state index contributed by atoms with van der Waals surface area (Å²) in [4.78, 5) is 53.4. The Morgan fingerprint density at radius 3 is 2.22 bits per heavy atom. The molecule has 3 rings (SSSR count). The molecule has 1 aliphatic heterocycles. The third-order valence-corrected chi connectivity index (χ3v) is 5.30. The van der Waals surface area contributed by atoms with Crippen LogP contribution in [-0.2, 0) is 29.3 Å². The topological polar surface area (TPSA) is 90.0 Å². The quantitative estimate of drug-likeness (QED) is 0.370. The number of ether oxygens (including phenoxy) is 2. The Balaban J connectivity index is 2.09. The molecule has 0 bridgehead atoms. The van der Waals surface area contributed by atoms with Crippen LogP contribution in [0.3, 0.4) is 0 Å². The van der Waals surface area contributed by atoms with Crippen molar-refractivity contribution in [2.45, 2.75) is 32.6 Å². The van der Waals surface area contributed by atoms with Crippen LogP contribution in [-0.4, -0.2) is 37.0 Å². The van der Waals surface area contributed by atoms with Crippen LogP contribution in [0.25, 0.3) is 6.08 Å². The number of amides is 2. The number of nitrogens with zero attached hydrogens (tertiary/aromatic N) is 1. The van der Waals surface area contributed by atoms with E-state index >= 15 is 0 Å². The van der Waals surface area contributed by atoms with Gasteiger partial charge in [-0.3, -0.25) is 14.4 Å². The zero-order valence-electron chi connectivity index (χ0n) is 18.3. The Morgan fingerprint density at radius 2 is 1.56 bits per heavy atom. The molecule has 2 aromatic rings. The second-order valence-corrected chi connectivity index (χ2v) is 7.32.